The van der Waals surface area contributed by atoms with Gasteiger partial charge in [0.1, 0.15) is 6.33 Å². The fraction of sp³-hybridized carbons (Fsp3) is 0.263. The number of aromatic nitrogens is 3. The number of hydrogen-bond donors (Lipinski definition) is 2. The molecule has 0 bridgehead atoms. The Morgan fingerprint density at radius 2 is 1.71 bits per heavy atom. The summed E-state index contributed by atoms with van der Waals surface area (Å²) in [6.07, 6.45) is 3.37. The molecule has 0 aliphatic carbocycles. The summed E-state index contributed by atoms with van der Waals surface area (Å²) in [7, 11) is 0. The molecule has 0 radical (unpaired) electrons. The van der Waals surface area contributed by atoms with Gasteiger partial charge in [-0.2, -0.15) is 0 Å². The Kier molecular flexibility index (Phi) is 5.71. The Hall–Kier alpha value is -2.50. The van der Waals surface area contributed by atoms with Crippen molar-refractivity contribution in [3.05, 3.63) is 78.4 Å². The molecule has 5 heteroatoms. The largest absolute Gasteiger partial charge is 0.396 e. The van der Waals surface area contributed by atoms with Crippen LogP contribution in [0.1, 0.15) is 30.3 Å². The number of hydrogen-bond acceptors (Lipinski definition) is 4. The maximum Gasteiger partial charge on any atom is 0.164 e. The van der Waals surface area contributed by atoms with E-state index in [2.05, 4.69) is 27.5 Å². The third kappa shape index (κ3) is 4.28. The molecule has 1 unspecified atom stereocenters. The van der Waals surface area contributed by atoms with E-state index in [0.29, 0.717) is 6.54 Å². The van der Waals surface area contributed by atoms with E-state index in [9.17, 15) is 0 Å². The lowest BCUT2D eigenvalue weighted by Crippen LogP contribution is -2.22. The summed E-state index contributed by atoms with van der Waals surface area (Å²) in [5, 5.41) is 17.1. The van der Waals surface area contributed by atoms with Crippen LogP contribution >= 0.6 is 0 Å². The highest BCUT2D eigenvalue weighted by molar-refractivity contribution is 5.29. The van der Waals surface area contributed by atoms with Crippen LogP contribution in [0.15, 0.2) is 67.0 Å². The van der Waals surface area contributed by atoms with Gasteiger partial charge in [-0.25, -0.2) is 9.67 Å². The summed E-state index contributed by atoms with van der Waals surface area (Å²) in [4.78, 5) is 4.38. The number of para-hydroxylation sites is 1. The minimum atomic E-state index is 0.182. The molecule has 3 aromatic rings. The van der Waals surface area contributed by atoms with Crippen LogP contribution in [0.2, 0.25) is 0 Å². The second kappa shape index (κ2) is 8.38. The number of rotatable bonds is 8. The van der Waals surface area contributed by atoms with E-state index in [1.54, 1.807) is 11.0 Å². The zero-order valence-corrected chi connectivity index (χ0v) is 13.5. The van der Waals surface area contributed by atoms with E-state index in [1.165, 1.54) is 5.56 Å². The van der Waals surface area contributed by atoms with Gasteiger partial charge in [-0.1, -0.05) is 48.5 Å². The van der Waals surface area contributed by atoms with Crippen LogP contribution < -0.4 is 5.32 Å². The fourth-order valence-corrected chi connectivity index (χ4v) is 2.67. The molecule has 5 nitrogen and oxygen atoms in total. The van der Waals surface area contributed by atoms with E-state index < -0.39 is 0 Å². The third-order valence-corrected chi connectivity index (χ3v) is 3.92. The number of nitrogens with zero attached hydrogens (tertiary/aromatic N) is 3. The van der Waals surface area contributed by atoms with Gasteiger partial charge in [-0.3, -0.25) is 0 Å². The van der Waals surface area contributed by atoms with Gasteiger partial charge in [-0.05, 0) is 30.5 Å². The standard InChI is InChI=1S/C19H22N4O/c24-13-7-12-18(16-8-3-1-4-9-16)20-14-19-21-15-23(22-19)17-10-5-2-6-11-17/h1-6,8-11,15,18,20,24H,7,12-14H2. The highest BCUT2D eigenvalue weighted by Gasteiger charge is 2.12. The molecule has 3 rings (SSSR count). The molecule has 1 aromatic heterocycles. The van der Waals surface area contributed by atoms with Crippen LogP contribution in [0.25, 0.3) is 5.69 Å². The van der Waals surface area contributed by atoms with Crippen LogP contribution in [0.5, 0.6) is 0 Å². The van der Waals surface area contributed by atoms with Gasteiger partial charge in [0.15, 0.2) is 5.82 Å². The molecular formula is C19H22N4O. The van der Waals surface area contributed by atoms with Gasteiger partial charge >= 0.3 is 0 Å². The van der Waals surface area contributed by atoms with E-state index in [-0.39, 0.29) is 12.6 Å². The first kappa shape index (κ1) is 16.4. The first-order valence-corrected chi connectivity index (χ1v) is 8.22. The molecule has 1 heterocycles. The maximum absolute atomic E-state index is 9.12. The van der Waals surface area contributed by atoms with Gasteiger partial charge in [0.25, 0.3) is 0 Å². The second-order valence-corrected chi connectivity index (χ2v) is 5.65. The molecule has 124 valence electrons. The minimum Gasteiger partial charge on any atom is -0.396 e. The van der Waals surface area contributed by atoms with Crippen molar-refractivity contribution in [1.29, 1.82) is 0 Å². The van der Waals surface area contributed by atoms with Crippen molar-refractivity contribution >= 4 is 0 Å². The fourth-order valence-electron chi connectivity index (χ4n) is 2.67. The Morgan fingerprint density at radius 3 is 2.42 bits per heavy atom. The van der Waals surface area contributed by atoms with Crippen molar-refractivity contribution in [2.45, 2.75) is 25.4 Å². The van der Waals surface area contributed by atoms with Crippen molar-refractivity contribution in [1.82, 2.24) is 20.1 Å². The van der Waals surface area contributed by atoms with Crippen molar-refractivity contribution in [2.24, 2.45) is 0 Å². The average Bonchev–Trinajstić information content (AvgIpc) is 3.12. The smallest absolute Gasteiger partial charge is 0.164 e. The highest BCUT2D eigenvalue weighted by atomic mass is 16.2. The molecule has 0 aliphatic heterocycles. The van der Waals surface area contributed by atoms with Crippen molar-refractivity contribution in [2.75, 3.05) is 6.61 Å². The lowest BCUT2D eigenvalue weighted by molar-refractivity contribution is 0.274. The van der Waals surface area contributed by atoms with Gasteiger partial charge in [-0.15, -0.1) is 5.10 Å². The molecule has 0 aliphatic rings. The number of aliphatic hydroxyl groups excluding tert-OH is 1. The zero-order chi connectivity index (χ0) is 16.6. The lowest BCUT2D eigenvalue weighted by atomic mass is 10.0. The predicted octanol–water partition coefficient (Wildman–Crippen LogP) is 2.87. The summed E-state index contributed by atoms with van der Waals surface area (Å²) in [6.45, 7) is 0.788. The molecule has 0 saturated heterocycles. The van der Waals surface area contributed by atoms with E-state index >= 15 is 0 Å². The molecule has 0 saturated carbocycles. The Balaban J connectivity index is 1.65. The Morgan fingerprint density at radius 1 is 1.00 bits per heavy atom. The van der Waals surface area contributed by atoms with Gasteiger partial charge in [0.2, 0.25) is 0 Å². The first-order chi connectivity index (χ1) is 11.9. The molecule has 1 atom stereocenters. The Bertz CT molecular complexity index is 727. The lowest BCUT2D eigenvalue weighted by Gasteiger charge is -2.18. The molecule has 0 spiro atoms. The highest BCUT2D eigenvalue weighted by Crippen LogP contribution is 2.18. The number of benzene rings is 2. The van der Waals surface area contributed by atoms with Crippen LogP contribution in [-0.4, -0.2) is 26.5 Å². The Labute approximate surface area is 142 Å². The van der Waals surface area contributed by atoms with Crippen molar-refractivity contribution in [3.8, 4) is 5.69 Å². The summed E-state index contributed by atoms with van der Waals surface area (Å²) < 4.78 is 1.78. The van der Waals surface area contributed by atoms with Crippen LogP contribution in [0.3, 0.4) is 0 Å². The zero-order valence-electron chi connectivity index (χ0n) is 13.5. The molecule has 24 heavy (non-hydrogen) atoms. The topological polar surface area (TPSA) is 63.0 Å². The molecule has 0 fully saturated rings. The maximum atomic E-state index is 9.12. The van der Waals surface area contributed by atoms with Gasteiger partial charge < -0.3 is 10.4 Å². The summed E-state index contributed by atoms with van der Waals surface area (Å²) >= 11 is 0. The molecular weight excluding hydrogens is 300 g/mol. The van der Waals surface area contributed by atoms with Gasteiger partial charge in [0.05, 0.1) is 12.2 Å². The number of aliphatic hydroxyl groups is 1. The van der Waals surface area contributed by atoms with Crippen molar-refractivity contribution in [3.63, 3.8) is 0 Å². The molecule has 0 amide bonds. The summed E-state index contributed by atoms with van der Waals surface area (Å²) in [6, 6.07) is 20.4. The summed E-state index contributed by atoms with van der Waals surface area (Å²) in [5.74, 6) is 0.754. The van der Waals surface area contributed by atoms with Crippen molar-refractivity contribution < 1.29 is 5.11 Å². The van der Waals surface area contributed by atoms with E-state index in [4.69, 9.17) is 5.11 Å². The van der Waals surface area contributed by atoms with E-state index in [1.807, 2.05) is 48.5 Å². The SMILES string of the molecule is OCCCC(NCc1ncn(-c2ccccc2)n1)c1ccccc1. The second-order valence-electron chi connectivity index (χ2n) is 5.65. The van der Waals surface area contributed by atoms with Crippen LogP contribution in [0.4, 0.5) is 0 Å². The van der Waals surface area contributed by atoms with Crippen LogP contribution in [0, 0.1) is 0 Å². The first-order valence-electron chi connectivity index (χ1n) is 8.22. The third-order valence-electron chi connectivity index (χ3n) is 3.92. The summed E-state index contributed by atoms with van der Waals surface area (Å²) in [5.41, 5.74) is 2.21. The quantitative estimate of drug-likeness (QED) is 0.669. The average molecular weight is 322 g/mol. The van der Waals surface area contributed by atoms with Crippen LogP contribution in [-0.2, 0) is 6.54 Å². The molecule has 2 aromatic carbocycles. The van der Waals surface area contributed by atoms with Gasteiger partial charge in [0, 0.05) is 12.6 Å². The predicted molar refractivity (Wildman–Crippen MR) is 93.7 cm³/mol. The minimum absolute atomic E-state index is 0.182. The normalized spacial score (nSPS) is 12.2. The van der Waals surface area contributed by atoms with E-state index in [0.717, 1.165) is 24.4 Å². The molecule has 2 N–H and O–H groups in total. The number of nitrogens with one attached hydrogen (secondary N) is 1. The monoisotopic (exact) mass is 322 g/mol.